The van der Waals surface area contributed by atoms with Crippen molar-refractivity contribution in [2.45, 2.75) is 6.18 Å². The molecule has 2 aromatic rings. The molecule has 0 aliphatic carbocycles. The highest BCUT2D eigenvalue weighted by Crippen LogP contribution is 2.31. The normalized spacial score (nSPS) is 14.0. The summed E-state index contributed by atoms with van der Waals surface area (Å²) in [5.41, 5.74) is -0.0744. The predicted octanol–water partition coefficient (Wildman–Crippen LogP) is 4.37. The van der Waals surface area contributed by atoms with Gasteiger partial charge in [0.1, 0.15) is 13.2 Å². The topological polar surface area (TPSA) is 35.5 Å². The Bertz CT molecular complexity index is 794. The van der Waals surface area contributed by atoms with Crippen molar-refractivity contribution in [1.82, 2.24) is 0 Å². The second-order valence-electron chi connectivity index (χ2n) is 5.18. The minimum absolute atomic E-state index is 0.302. The maximum absolute atomic E-state index is 12.7. The van der Waals surface area contributed by atoms with Crippen LogP contribution in [0.4, 0.5) is 13.2 Å². The van der Waals surface area contributed by atoms with Gasteiger partial charge in [-0.1, -0.05) is 18.2 Å². The molecule has 2 aromatic carbocycles. The number of hydrogen-bond acceptors (Lipinski definition) is 3. The van der Waals surface area contributed by atoms with Gasteiger partial charge in [0, 0.05) is 5.56 Å². The molecule has 0 aromatic heterocycles. The molecule has 124 valence electrons. The van der Waals surface area contributed by atoms with Gasteiger partial charge in [0.05, 0.1) is 5.56 Å². The number of rotatable bonds is 3. The molecule has 0 spiro atoms. The third-order valence-electron chi connectivity index (χ3n) is 3.47. The molecule has 24 heavy (non-hydrogen) atoms. The van der Waals surface area contributed by atoms with E-state index in [9.17, 15) is 18.0 Å². The van der Waals surface area contributed by atoms with E-state index in [4.69, 9.17) is 9.47 Å². The molecule has 3 rings (SSSR count). The van der Waals surface area contributed by atoms with Gasteiger partial charge in [-0.2, -0.15) is 13.2 Å². The van der Waals surface area contributed by atoms with E-state index in [-0.39, 0.29) is 5.78 Å². The van der Waals surface area contributed by atoms with Crippen LogP contribution in [0.5, 0.6) is 11.5 Å². The monoisotopic (exact) mass is 334 g/mol. The van der Waals surface area contributed by atoms with Gasteiger partial charge in [0.15, 0.2) is 17.3 Å². The number of alkyl halides is 3. The summed E-state index contributed by atoms with van der Waals surface area (Å²) in [7, 11) is 0. The smallest absolute Gasteiger partial charge is 0.416 e. The van der Waals surface area contributed by atoms with E-state index in [1.54, 1.807) is 18.2 Å². The van der Waals surface area contributed by atoms with Gasteiger partial charge in [-0.25, -0.2) is 0 Å². The molecular formula is C18H13F3O3. The van der Waals surface area contributed by atoms with Crippen molar-refractivity contribution in [3.8, 4) is 11.5 Å². The van der Waals surface area contributed by atoms with Crippen LogP contribution in [0.1, 0.15) is 21.5 Å². The van der Waals surface area contributed by atoms with Crippen molar-refractivity contribution in [1.29, 1.82) is 0 Å². The molecule has 0 radical (unpaired) electrons. The molecule has 1 heterocycles. The van der Waals surface area contributed by atoms with Gasteiger partial charge in [0.2, 0.25) is 0 Å². The van der Waals surface area contributed by atoms with Gasteiger partial charge >= 0.3 is 6.18 Å². The summed E-state index contributed by atoms with van der Waals surface area (Å²) in [6.45, 7) is 0.862. The lowest BCUT2D eigenvalue weighted by atomic mass is 10.1. The van der Waals surface area contributed by atoms with Crippen LogP contribution >= 0.6 is 0 Å². The molecule has 0 amide bonds. The van der Waals surface area contributed by atoms with Gasteiger partial charge in [-0.3, -0.25) is 4.79 Å². The molecule has 1 aliphatic heterocycles. The highest BCUT2D eigenvalue weighted by molar-refractivity contribution is 6.07. The van der Waals surface area contributed by atoms with E-state index in [1.165, 1.54) is 24.3 Å². The number of fused-ring (bicyclic) bond motifs is 1. The Balaban J connectivity index is 1.78. The minimum Gasteiger partial charge on any atom is -0.486 e. The first kappa shape index (κ1) is 16.1. The van der Waals surface area contributed by atoms with E-state index < -0.39 is 11.7 Å². The summed E-state index contributed by atoms with van der Waals surface area (Å²) >= 11 is 0. The Hall–Kier alpha value is -2.76. The van der Waals surface area contributed by atoms with Crippen molar-refractivity contribution in [3.05, 3.63) is 65.2 Å². The zero-order chi connectivity index (χ0) is 17.2. The number of carbonyl (C=O) groups excluding carboxylic acids is 1. The van der Waals surface area contributed by atoms with E-state index in [1.807, 2.05) is 0 Å². The van der Waals surface area contributed by atoms with E-state index in [0.29, 0.717) is 35.8 Å². The second kappa shape index (κ2) is 6.39. The number of ketones is 1. The lowest BCUT2D eigenvalue weighted by Crippen LogP contribution is -2.15. The van der Waals surface area contributed by atoms with Crippen molar-refractivity contribution >= 4 is 11.9 Å². The molecule has 0 unspecified atom stereocenters. The summed E-state index contributed by atoms with van der Waals surface area (Å²) < 4.78 is 48.8. The Morgan fingerprint density at radius 1 is 1.00 bits per heavy atom. The highest BCUT2D eigenvalue weighted by atomic mass is 19.4. The maximum Gasteiger partial charge on any atom is 0.416 e. The van der Waals surface area contributed by atoms with Crippen LogP contribution < -0.4 is 9.47 Å². The molecule has 0 atom stereocenters. The maximum atomic E-state index is 12.7. The molecule has 0 saturated heterocycles. The van der Waals surface area contributed by atoms with Crippen LogP contribution in [0, 0.1) is 0 Å². The number of carbonyl (C=O) groups is 1. The molecule has 6 heteroatoms. The van der Waals surface area contributed by atoms with E-state index >= 15 is 0 Å². The summed E-state index contributed by atoms with van der Waals surface area (Å²) in [5, 5.41) is 0. The number of halogens is 3. The zero-order valence-electron chi connectivity index (χ0n) is 12.5. The first-order chi connectivity index (χ1) is 11.4. The quantitative estimate of drug-likeness (QED) is 0.617. The predicted molar refractivity (Wildman–Crippen MR) is 82.2 cm³/mol. The Morgan fingerprint density at radius 2 is 1.75 bits per heavy atom. The number of allylic oxidation sites excluding steroid dienone is 1. The van der Waals surface area contributed by atoms with Crippen LogP contribution in [0.15, 0.2) is 48.5 Å². The highest BCUT2D eigenvalue weighted by Gasteiger charge is 2.30. The van der Waals surface area contributed by atoms with Crippen LogP contribution in [-0.2, 0) is 6.18 Å². The fraction of sp³-hybridized carbons (Fsp3) is 0.167. The molecule has 0 N–H and O–H groups in total. The van der Waals surface area contributed by atoms with E-state index in [2.05, 4.69) is 0 Å². The van der Waals surface area contributed by atoms with E-state index in [0.717, 1.165) is 12.1 Å². The average molecular weight is 334 g/mol. The standard InChI is InChI=1S/C18H13F3O3/c19-18(20,21)14-3-1-2-12(10-14)4-6-15(22)13-5-7-16-17(11-13)24-9-8-23-16/h1-7,10-11H,8-9H2/b6-4+. The molecule has 1 aliphatic rings. The third-order valence-corrected chi connectivity index (χ3v) is 3.47. The Kier molecular flexibility index (Phi) is 4.29. The van der Waals surface area contributed by atoms with Gasteiger partial charge in [-0.05, 0) is 42.0 Å². The second-order valence-corrected chi connectivity index (χ2v) is 5.18. The van der Waals surface area contributed by atoms with Crippen LogP contribution in [0.2, 0.25) is 0 Å². The summed E-state index contributed by atoms with van der Waals surface area (Å²) in [6, 6.07) is 9.58. The lowest BCUT2D eigenvalue weighted by Gasteiger charge is -2.18. The first-order valence-electron chi connectivity index (χ1n) is 7.23. The van der Waals surface area contributed by atoms with Gasteiger partial charge in [0.25, 0.3) is 0 Å². The van der Waals surface area contributed by atoms with Crippen molar-refractivity contribution < 1.29 is 27.4 Å². The van der Waals surface area contributed by atoms with Crippen molar-refractivity contribution in [3.63, 3.8) is 0 Å². The largest absolute Gasteiger partial charge is 0.486 e. The van der Waals surface area contributed by atoms with Crippen LogP contribution in [0.3, 0.4) is 0 Å². The third kappa shape index (κ3) is 3.59. The Labute approximate surface area is 136 Å². The SMILES string of the molecule is O=C(/C=C/c1cccc(C(F)(F)F)c1)c1ccc2c(c1)OCCO2. The molecular weight excluding hydrogens is 321 g/mol. The zero-order valence-corrected chi connectivity index (χ0v) is 12.5. The minimum atomic E-state index is -4.41. The molecule has 0 fully saturated rings. The number of hydrogen-bond donors (Lipinski definition) is 0. The summed E-state index contributed by atoms with van der Waals surface area (Å²) in [6.07, 6.45) is -1.82. The van der Waals surface area contributed by atoms with Crippen LogP contribution in [0.25, 0.3) is 6.08 Å². The Morgan fingerprint density at radius 3 is 2.50 bits per heavy atom. The fourth-order valence-electron chi connectivity index (χ4n) is 2.28. The van der Waals surface area contributed by atoms with Gasteiger partial charge < -0.3 is 9.47 Å². The molecule has 3 nitrogen and oxygen atoms in total. The first-order valence-corrected chi connectivity index (χ1v) is 7.23. The van der Waals surface area contributed by atoms with Crippen molar-refractivity contribution in [2.75, 3.05) is 13.2 Å². The summed E-state index contributed by atoms with van der Waals surface area (Å²) in [4.78, 5) is 12.2. The lowest BCUT2D eigenvalue weighted by molar-refractivity contribution is -0.137. The van der Waals surface area contributed by atoms with Crippen molar-refractivity contribution in [2.24, 2.45) is 0 Å². The average Bonchev–Trinajstić information content (AvgIpc) is 2.59. The number of benzene rings is 2. The fourth-order valence-corrected chi connectivity index (χ4v) is 2.28. The van der Waals surface area contributed by atoms with Crippen LogP contribution in [-0.4, -0.2) is 19.0 Å². The van der Waals surface area contributed by atoms with Gasteiger partial charge in [-0.15, -0.1) is 0 Å². The molecule has 0 saturated carbocycles. The molecule has 0 bridgehead atoms. The number of ether oxygens (including phenoxy) is 2. The summed E-state index contributed by atoms with van der Waals surface area (Å²) in [5.74, 6) is 0.726.